The number of carboxylic acid groups (broad SMARTS) is 1. The van der Waals surface area contributed by atoms with Gasteiger partial charge in [0.2, 0.25) is 5.91 Å². The number of carbonyl (C=O) groups is 2. The van der Waals surface area contributed by atoms with E-state index in [9.17, 15) is 9.59 Å². The van der Waals surface area contributed by atoms with Gasteiger partial charge in [0, 0.05) is 17.3 Å². The van der Waals surface area contributed by atoms with Gasteiger partial charge in [-0.3, -0.25) is 9.78 Å². The normalized spacial score (nSPS) is 9.89. The molecule has 0 radical (unpaired) electrons. The van der Waals surface area contributed by atoms with Gasteiger partial charge >= 0.3 is 5.97 Å². The van der Waals surface area contributed by atoms with Crippen LogP contribution in [0.15, 0.2) is 43.2 Å². The Morgan fingerprint density at radius 2 is 2.05 bits per heavy atom. The maximum absolute atomic E-state index is 11.3. The minimum atomic E-state index is -1.08. The molecule has 0 saturated heterocycles. The predicted molar refractivity (Wildman–Crippen MR) is 73.3 cm³/mol. The number of anilines is 1. The molecule has 1 amide bonds. The zero-order chi connectivity index (χ0) is 13.8. The van der Waals surface area contributed by atoms with E-state index in [1.807, 2.05) is 0 Å². The smallest absolute Gasteiger partial charge is 0.348 e. The van der Waals surface area contributed by atoms with Crippen molar-refractivity contribution in [1.82, 2.24) is 4.98 Å². The van der Waals surface area contributed by atoms with Crippen molar-refractivity contribution in [3.05, 3.63) is 48.1 Å². The molecule has 96 valence electrons. The zero-order valence-corrected chi connectivity index (χ0v) is 10.6. The van der Waals surface area contributed by atoms with Crippen molar-refractivity contribution < 1.29 is 14.7 Å². The van der Waals surface area contributed by atoms with Crippen LogP contribution in [0.25, 0.3) is 10.4 Å². The Labute approximate surface area is 113 Å². The highest BCUT2D eigenvalue weighted by Gasteiger charge is 2.17. The molecule has 2 aromatic rings. The van der Waals surface area contributed by atoms with E-state index in [2.05, 4.69) is 16.9 Å². The zero-order valence-electron chi connectivity index (χ0n) is 9.79. The number of rotatable bonds is 4. The van der Waals surface area contributed by atoms with Gasteiger partial charge in [-0.05, 0) is 29.8 Å². The fourth-order valence-electron chi connectivity index (χ4n) is 1.48. The van der Waals surface area contributed by atoms with Crippen LogP contribution in [0, 0.1) is 0 Å². The van der Waals surface area contributed by atoms with Crippen LogP contribution in [-0.2, 0) is 4.79 Å². The minimum Gasteiger partial charge on any atom is -0.477 e. The third-order valence-corrected chi connectivity index (χ3v) is 3.51. The van der Waals surface area contributed by atoms with Crippen LogP contribution in [0.3, 0.4) is 0 Å². The van der Waals surface area contributed by atoms with Crippen molar-refractivity contribution in [2.45, 2.75) is 0 Å². The van der Waals surface area contributed by atoms with Crippen molar-refractivity contribution in [3.8, 4) is 10.4 Å². The first-order valence-corrected chi connectivity index (χ1v) is 6.14. The highest BCUT2D eigenvalue weighted by Crippen LogP contribution is 2.34. The summed E-state index contributed by atoms with van der Waals surface area (Å²) < 4.78 is 0. The maximum atomic E-state index is 11.3. The van der Waals surface area contributed by atoms with Crippen LogP contribution in [0.2, 0.25) is 0 Å². The molecule has 0 aliphatic carbocycles. The molecule has 0 bridgehead atoms. The van der Waals surface area contributed by atoms with E-state index >= 15 is 0 Å². The Morgan fingerprint density at radius 3 is 2.63 bits per heavy atom. The number of thiophene rings is 1. The summed E-state index contributed by atoms with van der Waals surface area (Å²) in [7, 11) is 0. The van der Waals surface area contributed by atoms with Gasteiger partial charge in [-0.15, -0.1) is 11.3 Å². The van der Waals surface area contributed by atoms with Crippen molar-refractivity contribution in [1.29, 1.82) is 0 Å². The molecule has 0 spiro atoms. The van der Waals surface area contributed by atoms with Crippen LogP contribution in [0.1, 0.15) is 9.67 Å². The van der Waals surface area contributed by atoms with Gasteiger partial charge in [0.1, 0.15) is 4.88 Å². The Balaban J connectivity index is 2.43. The lowest BCUT2D eigenvalue weighted by Crippen LogP contribution is -2.09. The molecule has 2 N–H and O–H groups in total. The number of nitrogens with one attached hydrogen (secondary N) is 1. The van der Waals surface area contributed by atoms with E-state index < -0.39 is 11.9 Å². The molecule has 19 heavy (non-hydrogen) atoms. The Bertz CT molecular complexity index is 635. The third-order valence-electron chi connectivity index (χ3n) is 2.33. The van der Waals surface area contributed by atoms with Crippen molar-refractivity contribution in [2.24, 2.45) is 0 Å². The van der Waals surface area contributed by atoms with Crippen molar-refractivity contribution in [2.75, 3.05) is 5.32 Å². The largest absolute Gasteiger partial charge is 0.477 e. The lowest BCUT2D eigenvalue weighted by Gasteiger charge is -1.99. The Hall–Kier alpha value is -2.47. The lowest BCUT2D eigenvalue weighted by molar-refractivity contribution is -0.111. The molecule has 2 rings (SSSR count). The number of hydrogen-bond donors (Lipinski definition) is 2. The second-order valence-corrected chi connectivity index (χ2v) is 4.64. The highest BCUT2D eigenvalue weighted by atomic mass is 32.1. The average Bonchev–Trinajstić information content (AvgIpc) is 2.83. The van der Waals surface area contributed by atoms with Gasteiger partial charge in [0.05, 0.1) is 5.69 Å². The van der Waals surface area contributed by atoms with Crippen molar-refractivity contribution in [3.63, 3.8) is 0 Å². The Morgan fingerprint density at radius 1 is 1.37 bits per heavy atom. The van der Waals surface area contributed by atoms with Crippen LogP contribution in [-0.4, -0.2) is 22.0 Å². The van der Waals surface area contributed by atoms with Crippen LogP contribution < -0.4 is 5.32 Å². The summed E-state index contributed by atoms with van der Waals surface area (Å²) in [5.41, 5.74) is 1.12. The fourth-order valence-corrected chi connectivity index (χ4v) is 2.44. The van der Waals surface area contributed by atoms with Gasteiger partial charge in [-0.25, -0.2) is 4.79 Å². The lowest BCUT2D eigenvalue weighted by atomic mass is 10.2. The number of pyridine rings is 1. The summed E-state index contributed by atoms with van der Waals surface area (Å²) in [6.45, 7) is 3.33. The van der Waals surface area contributed by atoms with E-state index in [0.29, 0.717) is 0 Å². The third kappa shape index (κ3) is 2.86. The summed E-state index contributed by atoms with van der Waals surface area (Å²) in [4.78, 5) is 27.2. The molecule has 0 aliphatic rings. The molecule has 6 heteroatoms. The van der Waals surface area contributed by atoms with E-state index in [-0.39, 0.29) is 10.6 Å². The van der Waals surface area contributed by atoms with Crippen LogP contribution >= 0.6 is 11.3 Å². The van der Waals surface area contributed by atoms with E-state index in [4.69, 9.17) is 5.11 Å². The first kappa shape index (κ1) is 13.0. The molecular formula is C13H10N2O3S. The molecule has 2 aromatic heterocycles. The topological polar surface area (TPSA) is 79.3 Å². The molecule has 0 aromatic carbocycles. The van der Waals surface area contributed by atoms with E-state index in [1.54, 1.807) is 30.6 Å². The number of aromatic carboxylic acids is 1. The van der Waals surface area contributed by atoms with Gasteiger partial charge in [-0.1, -0.05) is 6.58 Å². The Kier molecular flexibility index (Phi) is 3.72. The summed E-state index contributed by atoms with van der Waals surface area (Å²) in [6.07, 6.45) is 4.34. The first-order valence-electron chi connectivity index (χ1n) is 5.32. The van der Waals surface area contributed by atoms with E-state index in [1.165, 1.54) is 0 Å². The van der Waals surface area contributed by atoms with Crippen LogP contribution in [0.4, 0.5) is 5.69 Å². The van der Waals surface area contributed by atoms with Gasteiger partial charge in [0.15, 0.2) is 0 Å². The fraction of sp³-hybridized carbons (Fsp3) is 0. The summed E-state index contributed by atoms with van der Waals surface area (Å²) in [6, 6.07) is 5.18. The SMILES string of the molecule is C=CC(=O)Nc1cc(-c2ccncc2)sc1C(=O)O. The number of hydrogen-bond acceptors (Lipinski definition) is 4. The monoisotopic (exact) mass is 274 g/mol. The van der Waals surface area contributed by atoms with Gasteiger partial charge in [-0.2, -0.15) is 0 Å². The number of amides is 1. The molecular weight excluding hydrogens is 264 g/mol. The summed E-state index contributed by atoms with van der Waals surface area (Å²) in [5.74, 6) is -1.52. The van der Waals surface area contributed by atoms with Gasteiger partial charge in [0.25, 0.3) is 0 Å². The maximum Gasteiger partial charge on any atom is 0.348 e. The van der Waals surface area contributed by atoms with Gasteiger partial charge < -0.3 is 10.4 Å². The second-order valence-electron chi connectivity index (χ2n) is 3.59. The second kappa shape index (κ2) is 5.45. The molecule has 0 saturated carbocycles. The van der Waals surface area contributed by atoms with E-state index in [0.717, 1.165) is 27.9 Å². The number of carboxylic acids is 1. The number of aromatic nitrogens is 1. The first-order chi connectivity index (χ1) is 9.11. The number of carbonyl (C=O) groups excluding carboxylic acids is 1. The summed E-state index contributed by atoms with van der Waals surface area (Å²) in [5, 5.41) is 11.6. The molecule has 0 aliphatic heterocycles. The quantitative estimate of drug-likeness (QED) is 0.840. The molecule has 0 unspecified atom stereocenters. The highest BCUT2D eigenvalue weighted by molar-refractivity contribution is 7.18. The average molecular weight is 274 g/mol. The molecule has 0 atom stereocenters. The predicted octanol–water partition coefficient (Wildman–Crippen LogP) is 2.63. The van der Waals surface area contributed by atoms with Crippen molar-refractivity contribution >= 4 is 28.9 Å². The molecule has 0 fully saturated rings. The standard InChI is InChI=1S/C13H10N2O3S/c1-2-11(16)15-9-7-10(19-12(9)13(17)18)8-3-5-14-6-4-8/h2-7H,1H2,(H,15,16)(H,17,18). The molecule has 2 heterocycles. The minimum absolute atomic E-state index is 0.0852. The summed E-state index contributed by atoms with van der Waals surface area (Å²) >= 11 is 1.10. The van der Waals surface area contributed by atoms with Crippen LogP contribution in [0.5, 0.6) is 0 Å². The number of nitrogens with zero attached hydrogens (tertiary/aromatic N) is 1. The molecule has 5 nitrogen and oxygen atoms in total.